The molecule has 0 aromatic heterocycles. The Balaban J connectivity index is 1.89. The van der Waals surface area contributed by atoms with Gasteiger partial charge >= 0.3 is 18.0 Å². The predicted molar refractivity (Wildman–Crippen MR) is 142 cm³/mol. The van der Waals surface area contributed by atoms with Crippen LogP contribution >= 0.6 is 0 Å². The van der Waals surface area contributed by atoms with Crippen molar-refractivity contribution in [1.82, 2.24) is 15.2 Å². The fourth-order valence-corrected chi connectivity index (χ4v) is 3.11. The number of nitrogens with one attached hydrogen (secondary N) is 2. The van der Waals surface area contributed by atoms with Gasteiger partial charge < -0.3 is 24.4 Å². The average Bonchev–Trinajstić information content (AvgIpc) is 2.88. The van der Waals surface area contributed by atoms with Crippen molar-refractivity contribution in [3.05, 3.63) is 71.8 Å². The van der Waals surface area contributed by atoms with Crippen LogP contribution in [-0.2, 0) is 37.0 Å². The number of amides is 1. The summed E-state index contributed by atoms with van der Waals surface area (Å²) in [6.45, 7) is 5.21. The van der Waals surface area contributed by atoms with Gasteiger partial charge in [0.05, 0.1) is 0 Å². The van der Waals surface area contributed by atoms with Crippen LogP contribution < -0.4 is 11.2 Å². The second-order valence-electron chi connectivity index (χ2n) is 9.44. The van der Waals surface area contributed by atoms with Crippen molar-refractivity contribution in [3.8, 4) is 0 Å². The molecule has 0 fully saturated rings. The summed E-state index contributed by atoms with van der Waals surface area (Å²) in [7, 11) is 0. The molecule has 0 aliphatic carbocycles. The zero-order chi connectivity index (χ0) is 28.0. The standard InChI is InChI=1S/C27H37N5O6/c1-27(2,3)38-26(35)32(29)16-10-15-31(18-24(34)37-20-22-13-8-5-9-14-22)25(28)30-17-23(33)36-19-21-11-6-4-7-12-21/h4-9,11-14H,10,15-20,29H2,1-3H3,(H2,28,30). The lowest BCUT2D eigenvalue weighted by Gasteiger charge is -2.27. The topological polar surface area (TPSA) is 147 Å². The van der Waals surface area contributed by atoms with Gasteiger partial charge in [0, 0.05) is 13.1 Å². The maximum Gasteiger partial charge on any atom is 0.424 e. The van der Waals surface area contributed by atoms with E-state index in [1.165, 1.54) is 4.90 Å². The highest BCUT2D eigenvalue weighted by Gasteiger charge is 2.21. The summed E-state index contributed by atoms with van der Waals surface area (Å²) in [6, 6.07) is 18.4. The van der Waals surface area contributed by atoms with Crippen molar-refractivity contribution in [2.24, 2.45) is 5.84 Å². The molecule has 0 aliphatic rings. The lowest BCUT2D eigenvalue weighted by molar-refractivity contribution is -0.145. The summed E-state index contributed by atoms with van der Waals surface area (Å²) in [4.78, 5) is 38.1. The summed E-state index contributed by atoms with van der Waals surface area (Å²) in [6.07, 6.45) is -0.356. The number of esters is 2. The number of carbonyl (C=O) groups excluding carboxylic acids is 3. The maximum atomic E-state index is 12.5. The monoisotopic (exact) mass is 527 g/mol. The van der Waals surface area contributed by atoms with Gasteiger partial charge in [0.1, 0.15) is 31.9 Å². The third-order valence-electron chi connectivity index (χ3n) is 4.98. The van der Waals surface area contributed by atoms with Gasteiger partial charge in [-0.2, -0.15) is 0 Å². The fraction of sp³-hybridized carbons (Fsp3) is 0.407. The van der Waals surface area contributed by atoms with Crippen LogP contribution in [0.15, 0.2) is 60.7 Å². The number of ether oxygens (including phenoxy) is 3. The Morgan fingerprint density at radius 2 is 1.39 bits per heavy atom. The second kappa shape index (κ2) is 15.2. The van der Waals surface area contributed by atoms with Gasteiger partial charge in [-0.1, -0.05) is 60.7 Å². The molecule has 11 nitrogen and oxygen atoms in total. The molecule has 38 heavy (non-hydrogen) atoms. The molecule has 0 spiro atoms. The minimum Gasteiger partial charge on any atom is -0.460 e. The van der Waals surface area contributed by atoms with Crippen LogP contribution in [0.25, 0.3) is 0 Å². The number of carbonyl (C=O) groups is 3. The lowest BCUT2D eigenvalue weighted by Crippen LogP contribution is -2.47. The predicted octanol–water partition coefficient (Wildman–Crippen LogP) is 2.80. The van der Waals surface area contributed by atoms with E-state index in [1.54, 1.807) is 20.8 Å². The van der Waals surface area contributed by atoms with Gasteiger partial charge in [0.2, 0.25) is 0 Å². The third-order valence-corrected chi connectivity index (χ3v) is 4.98. The van der Waals surface area contributed by atoms with Crippen molar-refractivity contribution in [2.45, 2.75) is 46.0 Å². The Kier molecular flexibility index (Phi) is 12.0. The minimum atomic E-state index is -0.690. The van der Waals surface area contributed by atoms with Gasteiger partial charge in [-0.15, -0.1) is 0 Å². The molecule has 206 valence electrons. The Morgan fingerprint density at radius 1 is 0.868 bits per heavy atom. The number of nitrogens with zero attached hydrogens (tertiary/aromatic N) is 2. The van der Waals surface area contributed by atoms with E-state index in [-0.39, 0.29) is 45.4 Å². The number of benzene rings is 2. The van der Waals surface area contributed by atoms with E-state index < -0.39 is 23.6 Å². The summed E-state index contributed by atoms with van der Waals surface area (Å²) >= 11 is 0. The summed E-state index contributed by atoms with van der Waals surface area (Å²) in [5.41, 5.74) is 0.984. The maximum absolute atomic E-state index is 12.5. The molecule has 0 radical (unpaired) electrons. The van der Waals surface area contributed by atoms with Gasteiger partial charge in [0.25, 0.3) is 0 Å². The Morgan fingerprint density at radius 3 is 1.92 bits per heavy atom. The molecule has 2 rings (SSSR count). The second-order valence-corrected chi connectivity index (χ2v) is 9.44. The van der Waals surface area contributed by atoms with Gasteiger partial charge in [-0.05, 0) is 38.3 Å². The quantitative estimate of drug-likeness (QED) is 0.0721. The molecular formula is C27H37N5O6. The van der Waals surface area contributed by atoms with Gasteiger partial charge in [-0.25, -0.2) is 15.6 Å². The molecule has 0 atom stereocenters. The van der Waals surface area contributed by atoms with E-state index in [9.17, 15) is 14.4 Å². The molecule has 0 bridgehead atoms. The number of guanidine groups is 1. The number of nitrogens with two attached hydrogens (primary N) is 1. The molecule has 1 amide bonds. The molecule has 2 aromatic carbocycles. The van der Waals surface area contributed by atoms with Crippen molar-refractivity contribution in [2.75, 3.05) is 26.2 Å². The molecule has 0 unspecified atom stereocenters. The summed E-state index contributed by atoms with van der Waals surface area (Å²) in [5.74, 6) is 4.53. The molecule has 4 N–H and O–H groups in total. The number of rotatable bonds is 12. The first-order valence-electron chi connectivity index (χ1n) is 12.2. The van der Waals surface area contributed by atoms with Crippen molar-refractivity contribution in [3.63, 3.8) is 0 Å². The van der Waals surface area contributed by atoms with Crippen LogP contribution in [0, 0.1) is 5.41 Å². The smallest absolute Gasteiger partial charge is 0.424 e. The third kappa shape index (κ3) is 12.2. The van der Waals surface area contributed by atoms with E-state index >= 15 is 0 Å². The number of hydrogen-bond acceptors (Lipinski definition) is 8. The van der Waals surface area contributed by atoms with Gasteiger partial charge in [0.15, 0.2) is 5.96 Å². The number of hydrogen-bond donors (Lipinski definition) is 3. The van der Waals surface area contributed by atoms with E-state index in [0.717, 1.165) is 16.1 Å². The lowest BCUT2D eigenvalue weighted by atomic mass is 10.2. The van der Waals surface area contributed by atoms with Gasteiger partial charge in [-0.3, -0.25) is 15.0 Å². The van der Waals surface area contributed by atoms with E-state index in [1.807, 2.05) is 60.7 Å². The Bertz CT molecular complexity index is 1040. The first-order chi connectivity index (χ1) is 18.0. The van der Waals surface area contributed by atoms with Crippen LogP contribution in [0.3, 0.4) is 0 Å². The van der Waals surface area contributed by atoms with Crippen molar-refractivity contribution >= 4 is 24.0 Å². The first kappa shape index (κ1) is 30.1. The molecule has 0 aliphatic heterocycles. The summed E-state index contributed by atoms with van der Waals surface area (Å²) in [5, 5.41) is 12.0. The molecule has 11 heteroatoms. The van der Waals surface area contributed by atoms with Crippen LogP contribution in [0.1, 0.15) is 38.3 Å². The highest BCUT2D eigenvalue weighted by atomic mass is 16.6. The van der Waals surface area contributed by atoms with E-state index in [4.69, 9.17) is 25.5 Å². The highest BCUT2D eigenvalue weighted by molar-refractivity contribution is 5.85. The Labute approximate surface area is 223 Å². The normalized spacial score (nSPS) is 10.7. The first-order valence-corrected chi connectivity index (χ1v) is 12.2. The van der Waals surface area contributed by atoms with E-state index in [0.29, 0.717) is 6.42 Å². The molecule has 0 saturated carbocycles. The highest BCUT2D eigenvalue weighted by Crippen LogP contribution is 2.09. The molecule has 2 aromatic rings. The van der Waals surface area contributed by atoms with Crippen LogP contribution in [0.2, 0.25) is 0 Å². The SMILES string of the molecule is CC(C)(C)OC(=O)N(N)CCCN(CC(=O)OCc1ccccc1)C(=N)NCC(=O)OCc1ccccc1. The largest absolute Gasteiger partial charge is 0.460 e. The zero-order valence-electron chi connectivity index (χ0n) is 22.1. The molecule has 0 heterocycles. The summed E-state index contributed by atoms with van der Waals surface area (Å²) < 4.78 is 15.8. The minimum absolute atomic E-state index is 0.0926. The average molecular weight is 528 g/mol. The molecular weight excluding hydrogens is 490 g/mol. The van der Waals surface area contributed by atoms with Crippen molar-refractivity contribution in [1.29, 1.82) is 5.41 Å². The molecule has 0 saturated heterocycles. The fourth-order valence-electron chi connectivity index (χ4n) is 3.11. The zero-order valence-corrected chi connectivity index (χ0v) is 22.1. The van der Waals surface area contributed by atoms with Crippen molar-refractivity contribution < 1.29 is 28.6 Å². The van der Waals surface area contributed by atoms with E-state index in [2.05, 4.69) is 5.32 Å². The van der Waals surface area contributed by atoms with Crippen LogP contribution in [0.4, 0.5) is 4.79 Å². The van der Waals surface area contributed by atoms with Crippen LogP contribution in [-0.4, -0.2) is 65.7 Å². The Hall–Kier alpha value is -4.12. The van der Waals surface area contributed by atoms with Crippen LogP contribution in [0.5, 0.6) is 0 Å². The number of hydrazine groups is 1.